The van der Waals surface area contributed by atoms with Gasteiger partial charge in [0.25, 0.3) is 0 Å². The molecular formula is C17H25F2N. The molecule has 1 aliphatic rings. The van der Waals surface area contributed by atoms with Crippen LogP contribution in [0.2, 0.25) is 0 Å². The lowest BCUT2D eigenvalue weighted by atomic mass is 9.88. The molecule has 0 heterocycles. The molecule has 0 bridgehead atoms. The van der Waals surface area contributed by atoms with Crippen LogP contribution in [-0.4, -0.2) is 12.6 Å². The average molecular weight is 281 g/mol. The zero-order valence-electron chi connectivity index (χ0n) is 12.5. The zero-order valence-corrected chi connectivity index (χ0v) is 12.5. The Morgan fingerprint density at radius 3 is 2.70 bits per heavy atom. The first-order valence-electron chi connectivity index (χ1n) is 7.81. The molecule has 1 saturated carbocycles. The quantitative estimate of drug-likeness (QED) is 0.790. The van der Waals surface area contributed by atoms with E-state index in [1.807, 2.05) is 0 Å². The third-order valence-electron chi connectivity index (χ3n) is 4.34. The molecular weight excluding hydrogens is 256 g/mol. The summed E-state index contributed by atoms with van der Waals surface area (Å²) in [6.45, 7) is 4.83. The molecule has 2 unspecified atom stereocenters. The summed E-state index contributed by atoms with van der Waals surface area (Å²) in [5, 5.41) is 3.52. The summed E-state index contributed by atoms with van der Waals surface area (Å²) in [5.41, 5.74) is 0.860. The normalized spacial score (nSPS) is 23.6. The first kappa shape index (κ1) is 15.4. The van der Waals surface area contributed by atoms with E-state index in [2.05, 4.69) is 12.2 Å². The van der Waals surface area contributed by atoms with Crippen molar-refractivity contribution in [3.8, 4) is 0 Å². The van der Waals surface area contributed by atoms with Gasteiger partial charge in [0.2, 0.25) is 0 Å². The summed E-state index contributed by atoms with van der Waals surface area (Å²) < 4.78 is 28.4. The van der Waals surface area contributed by atoms with Crippen molar-refractivity contribution in [3.63, 3.8) is 0 Å². The molecule has 112 valence electrons. The highest BCUT2D eigenvalue weighted by atomic mass is 19.1. The second-order valence-corrected chi connectivity index (χ2v) is 5.96. The predicted octanol–water partition coefficient (Wildman–Crippen LogP) is 4.69. The van der Waals surface area contributed by atoms with Gasteiger partial charge in [-0.05, 0) is 56.7 Å². The lowest BCUT2D eigenvalue weighted by molar-refractivity contribution is 0.422. The highest BCUT2D eigenvalue weighted by Gasteiger charge is 2.26. The first-order valence-corrected chi connectivity index (χ1v) is 7.81. The number of aryl methyl sites for hydroxylation is 1. The molecule has 1 fully saturated rings. The van der Waals surface area contributed by atoms with Gasteiger partial charge in [0.15, 0.2) is 0 Å². The van der Waals surface area contributed by atoms with Gasteiger partial charge in [0.05, 0.1) is 0 Å². The van der Waals surface area contributed by atoms with E-state index in [1.54, 1.807) is 6.92 Å². The smallest absolute Gasteiger partial charge is 0.132 e. The van der Waals surface area contributed by atoms with Gasteiger partial charge in [0.1, 0.15) is 11.6 Å². The molecule has 0 saturated heterocycles. The van der Waals surface area contributed by atoms with Crippen molar-refractivity contribution in [1.82, 2.24) is 5.32 Å². The molecule has 1 aromatic carbocycles. The van der Waals surface area contributed by atoms with Crippen LogP contribution in [0.1, 0.15) is 62.5 Å². The Balaban J connectivity index is 2.20. The maximum absolute atomic E-state index is 14.3. The Morgan fingerprint density at radius 2 is 1.95 bits per heavy atom. The molecule has 1 aliphatic carbocycles. The molecule has 3 heteroatoms. The van der Waals surface area contributed by atoms with E-state index < -0.39 is 0 Å². The van der Waals surface area contributed by atoms with Crippen LogP contribution in [0, 0.1) is 18.6 Å². The van der Waals surface area contributed by atoms with Crippen LogP contribution >= 0.6 is 0 Å². The Labute approximate surface area is 120 Å². The Morgan fingerprint density at radius 1 is 1.20 bits per heavy atom. The monoisotopic (exact) mass is 281 g/mol. The molecule has 2 atom stereocenters. The number of halogens is 2. The topological polar surface area (TPSA) is 12.0 Å². The Bertz CT molecular complexity index is 445. The minimum atomic E-state index is -0.380. The molecule has 2 rings (SSSR count). The summed E-state index contributed by atoms with van der Waals surface area (Å²) in [4.78, 5) is 0. The lowest BCUT2D eigenvalue weighted by Gasteiger charge is -2.22. The molecule has 0 spiro atoms. The zero-order chi connectivity index (χ0) is 14.5. The third-order valence-corrected chi connectivity index (χ3v) is 4.34. The van der Waals surface area contributed by atoms with Crippen molar-refractivity contribution in [1.29, 1.82) is 0 Å². The molecule has 1 nitrogen and oxygen atoms in total. The van der Waals surface area contributed by atoms with E-state index in [9.17, 15) is 8.78 Å². The fourth-order valence-corrected chi connectivity index (χ4v) is 3.21. The van der Waals surface area contributed by atoms with E-state index >= 15 is 0 Å². The van der Waals surface area contributed by atoms with Gasteiger partial charge in [-0.2, -0.15) is 0 Å². The van der Waals surface area contributed by atoms with E-state index in [1.165, 1.54) is 12.1 Å². The fourth-order valence-electron chi connectivity index (χ4n) is 3.21. The summed E-state index contributed by atoms with van der Waals surface area (Å²) in [6.07, 6.45) is 6.15. The number of hydrogen-bond donors (Lipinski definition) is 1. The van der Waals surface area contributed by atoms with Gasteiger partial charge in [-0.1, -0.05) is 25.8 Å². The van der Waals surface area contributed by atoms with Crippen molar-refractivity contribution >= 4 is 0 Å². The van der Waals surface area contributed by atoms with Crippen LogP contribution in [0.5, 0.6) is 0 Å². The van der Waals surface area contributed by atoms with Crippen LogP contribution in [0.15, 0.2) is 12.1 Å². The van der Waals surface area contributed by atoms with Crippen LogP contribution in [0.25, 0.3) is 0 Å². The van der Waals surface area contributed by atoms with Gasteiger partial charge in [-0.15, -0.1) is 0 Å². The number of benzene rings is 1. The van der Waals surface area contributed by atoms with Crippen molar-refractivity contribution in [2.45, 2.75) is 64.3 Å². The van der Waals surface area contributed by atoms with E-state index in [4.69, 9.17) is 0 Å². The summed E-state index contributed by atoms with van der Waals surface area (Å²) in [6, 6.07) is 3.33. The minimum absolute atomic E-state index is 0.00626. The SMILES string of the molecule is CCCNC1CCCCC(c2c(F)ccc(C)c2F)C1. The third kappa shape index (κ3) is 3.57. The van der Waals surface area contributed by atoms with Gasteiger partial charge < -0.3 is 5.32 Å². The van der Waals surface area contributed by atoms with Crippen LogP contribution in [0.4, 0.5) is 8.78 Å². The first-order chi connectivity index (χ1) is 9.63. The maximum atomic E-state index is 14.3. The van der Waals surface area contributed by atoms with Crippen molar-refractivity contribution in [2.24, 2.45) is 0 Å². The summed E-state index contributed by atoms with van der Waals surface area (Å²) >= 11 is 0. The van der Waals surface area contributed by atoms with Gasteiger partial charge in [-0.3, -0.25) is 0 Å². The van der Waals surface area contributed by atoms with Crippen molar-refractivity contribution in [2.75, 3.05) is 6.54 Å². The van der Waals surface area contributed by atoms with Crippen LogP contribution < -0.4 is 5.32 Å². The Kier molecular flexibility index (Phi) is 5.53. The molecule has 0 amide bonds. The summed E-state index contributed by atoms with van der Waals surface area (Å²) in [7, 11) is 0. The number of hydrogen-bond acceptors (Lipinski definition) is 1. The number of rotatable bonds is 4. The van der Waals surface area contributed by atoms with Gasteiger partial charge >= 0.3 is 0 Å². The predicted molar refractivity (Wildman–Crippen MR) is 79.0 cm³/mol. The van der Waals surface area contributed by atoms with Crippen molar-refractivity contribution < 1.29 is 8.78 Å². The lowest BCUT2D eigenvalue weighted by Crippen LogP contribution is -2.30. The molecule has 0 aliphatic heterocycles. The molecule has 0 radical (unpaired) electrons. The second kappa shape index (κ2) is 7.16. The van der Waals surface area contributed by atoms with Crippen LogP contribution in [-0.2, 0) is 0 Å². The average Bonchev–Trinajstić information content (AvgIpc) is 2.67. The van der Waals surface area contributed by atoms with E-state index in [-0.39, 0.29) is 17.6 Å². The van der Waals surface area contributed by atoms with Crippen LogP contribution in [0.3, 0.4) is 0 Å². The Hall–Kier alpha value is -0.960. The number of nitrogens with one attached hydrogen (secondary N) is 1. The minimum Gasteiger partial charge on any atom is -0.314 e. The maximum Gasteiger partial charge on any atom is 0.132 e. The second-order valence-electron chi connectivity index (χ2n) is 5.96. The largest absolute Gasteiger partial charge is 0.314 e. The van der Waals surface area contributed by atoms with Gasteiger partial charge in [0, 0.05) is 11.6 Å². The van der Waals surface area contributed by atoms with E-state index in [0.717, 1.165) is 45.1 Å². The highest BCUT2D eigenvalue weighted by Crippen LogP contribution is 2.35. The van der Waals surface area contributed by atoms with E-state index in [0.29, 0.717) is 17.2 Å². The van der Waals surface area contributed by atoms with Gasteiger partial charge in [-0.25, -0.2) is 8.78 Å². The summed E-state index contributed by atoms with van der Waals surface area (Å²) in [5.74, 6) is -0.716. The molecule has 0 aromatic heterocycles. The fraction of sp³-hybridized carbons (Fsp3) is 0.647. The highest BCUT2D eigenvalue weighted by molar-refractivity contribution is 5.30. The van der Waals surface area contributed by atoms with Crippen molar-refractivity contribution in [3.05, 3.63) is 34.9 Å². The molecule has 1 aromatic rings. The molecule has 1 N–H and O–H groups in total. The standard InChI is InChI=1S/C17H25F2N/c1-3-10-20-14-7-5-4-6-13(11-14)16-15(18)9-8-12(2)17(16)19/h8-9,13-14,20H,3-7,10-11H2,1-2H3. The molecule has 20 heavy (non-hydrogen) atoms.